The molecule has 0 bridgehead atoms. The number of hydrogen-bond acceptors (Lipinski definition) is 6. The second kappa shape index (κ2) is 9.47. The molecule has 4 rings (SSSR count). The van der Waals surface area contributed by atoms with Crippen LogP contribution < -0.4 is 15.0 Å². The van der Waals surface area contributed by atoms with Crippen molar-refractivity contribution in [2.45, 2.75) is 18.1 Å². The number of ether oxygens (including phenoxy) is 1. The molecule has 1 aliphatic heterocycles. The fraction of sp³-hybridized carbons (Fsp3) is 0.217. The van der Waals surface area contributed by atoms with Crippen LogP contribution in [0.5, 0.6) is 5.75 Å². The van der Waals surface area contributed by atoms with E-state index in [4.69, 9.17) is 11.6 Å². The largest absolute Gasteiger partial charge is 0.487 e. The maximum Gasteiger partial charge on any atom is 0.487 e. The number of nitrogens with one attached hydrogen (secondary N) is 1. The minimum absolute atomic E-state index is 0.126. The van der Waals surface area contributed by atoms with Gasteiger partial charge in [-0.1, -0.05) is 6.58 Å². The van der Waals surface area contributed by atoms with Crippen LogP contribution in [0.15, 0.2) is 55.2 Å². The molecule has 0 saturated carbocycles. The fourth-order valence-corrected chi connectivity index (χ4v) is 3.72. The molecule has 0 unspecified atom stereocenters. The van der Waals surface area contributed by atoms with Gasteiger partial charge in [0.1, 0.15) is 11.6 Å². The predicted octanol–water partition coefficient (Wildman–Crippen LogP) is 5.24. The lowest BCUT2D eigenvalue weighted by Gasteiger charge is -2.22. The number of hydrogen-bond donors (Lipinski definition) is 2. The van der Waals surface area contributed by atoms with E-state index in [-0.39, 0.29) is 11.3 Å². The summed E-state index contributed by atoms with van der Waals surface area (Å²) in [4.78, 5) is 9.45. The number of aromatic nitrogens is 2. The minimum atomic E-state index is -3.82. The number of rotatable bonds is 7. The molecule has 3 aromatic rings. The zero-order valence-electron chi connectivity index (χ0n) is 17.6. The summed E-state index contributed by atoms with van der Waals surface area (Å²) in [5.74, 6) is -1.62. The first-order valence-corrected chi connectivity index (χ1v) is 10.5. The van der Waals surface area contributed by atoms with Crippen molar-refractivity contribution < 1.29 is 27.4 Å². The Bertz CT molecular complexity index is 1180. The second-order valence-electron chi connectivity index (χ2n) is 7.66. The van der Waals surface area contributed by atoms with Crippen molar-refractivity contribution in [3.63, 3.8) is 0 Å². The van der Waals surface area contributed by atoms with Crippen LogP contribution in [0, 0.1) is 11.9 Å². The Balaban J connectivity index is 1.62. The van der Waals surface area contributed by atoms with Gasteiger partial charge < -0.3 is 20.1 Å². The summed E-state index contributed by atoms with van der Waals surface area (Å²) in [7, 11) is 0. The average Bonchev–Trinajstić information content (AvgIpc) is 3.19. The Morgan fingerprint density at radius 3 is 2.44 bits per heavy atom. The first-order chi connectivity index (χ1) is 16.1. The van der Waals surface area contributed by atoms with Crippen LogP contribution in [0.25, 0.3) is 16.8 Å². The van der Waals surface area contributed by atoms with Crippen molar-refractivity contribution in [1.29, 1.82) is 0 Å². The lowest BCUT2D eigenvalue weighted by atomic mass is 10.0. The number of anilines is 2. The molecular formula is C23H19ClF4N4O2. The highest BCUT2D eigenvalue weighted by atomic mass is 35.5. The van der Waals surface area contributed by atoms with Crippen LogP contribution in [0.3, 0.4) is 0 Å². The Morgan fingerprint density at radius 2 is 1.85 bits per heavy atom. The monoisotopic (exact) mass is 494 g/mol. The van der Waals surface area contributed by atoms with Crippen LogP contribution in [0.2, 0.25) is 0 Å². The van der Waals surface area contributed by atoms with Crippen molar-refractivity contribution >= 4 is 28.8 Å². The first-order valence-electron chi connectivity index (χ1n) is 10.2. The van der Waals surface area contributed by atoms with E-state index in [1.54, 1.807) is 6.07 Å². The number of aliphatic hydroxyl groups is 1. The molecule has 0 amide bonds. The third-order valence-corrected chi connectivity index (χ3v) is 5.21. The zero-order chi connectivity index (χ0) is 24.5. The first kappa shape index (κ1) is 23.8. The van der Waals surface area contributed by atoms with Gasteiger partial charge in [0.05, 0.1) is 6.10 Å². The molecule has 1 fully saturated rings. The molecule has 1 atom stereocenters. The third kappa shape index (κ3) is 5.75. The van der Waals surface area contributed by atoms with Gasteiger partial charge in [-0.15, -0.1) is 8.78 Å². The summed E-state index contributed by atoms with van der Waals surface area (Å²) in [5.41, 5.74) is -1.73. The van der Waals surface area contributed by atoms with E-state index in [0.29, 0.717) is 47.8 Å². The minimum Gasteiger partial charge on any atom is -0.420 e. The summed E-state index contributed by atoms with van der Waals surface area (Å²) in [6.45, 7) is 4.84. The van der Waals surface area contributed by atoms with E-state index >= 15 is 0 Å². The molecule has 6 nitrogen and oxygen atoms in total. The highest BCUT2D eigenvalue weighted by molar-refractivity contribution is 6.20. The molecule has 2 aromatic heterocycles. The molecule has 1 aliphatic rings. The van der Waals surface area contributed by atoms with Gasteiger partial charge >= 0.3 is 5.57 Å². The zero-order valence-corrected chi connectivity index (χ0v) is 18.4. The summed E-state index contributed by atoms with van der Waals surface area (Å²) in [6, 6.07) is 9.46. The third-order valence-electron chi connectivity index (χ3n) is 5.13. The quantitative estimate of drug-likeness (QED) is 0.266. The van der Waals surface area contributed by atoms with Crippen LogP contribution in [0.1, 0.15) is 12.0 Å². The van der Waals surface area contributed by atoms with Crippen molar-refractivity contribution in [3.8, 4) is 16.9 Å². The molecule has 0 aliphatic carbocycles. The lowest BCUT2D eigenvalue weighted by molar-refractivity contribution is -0.0964. The second-order valence-corrected chi connectivity index (χ2v) is 8.10. The van der Waals surface area contributed by atoms with E-state index in [2.05, 4.69) is 26.6 Å². The molecule has 11 heteroatoms. The molecule has 1 aromatic carbocycles. The van der Waals surface area contributed by atoms with Crippen LogP contribution >= 0.6 is 11.6 Å². The molecule has 2 N–H and O–H groups in total. The standard InChI is InChI=1S/C23H19ClF4N4O2/c1-13(30-16-2-4-18(5-3-16)34-23(24,27)28)15-8-19(14-9-20(25)31-21(26)10-14)22(29-11-15)32-7-6-17(33)12-32/h2-5,8-11,17,30,33H,1,6-7,12H2/t17-/m1/s1. The van der Waals surface area contributed by atoms with Gasteiger partial charge in [0, 0.05) is 65.5 Å². The summed E-state index contributed by atoms with van der Waals surface area (Å²) >= 11 is 4.76. The number of pyridine rings is 2. The van der Waals surface area contributed by atoms with E-state index in [1.807, 2.05) is 4.90 Å². The van der Waals surface area contributed by atoms with E-state index in [0.717, 1.165) is 12.1 Å². The molecule has 0 radical (unpaired) electrons. The number of aliphatic hydroxyl groups excluding tert-OH is 1. The predicted molar refractivity (Wildman–Crippen MR) is 121 cm³/mol. The van der Waals surface area contributed by atoms with E-state index in [1.165, 1.54) is 30.5 Å². The van der Waals surface area contributed by atoms with Gasteiger partial charge in [-0.25, -0.2) is 4.98 Å². The van der Waals surface area contributed by atoms with Gasteiger partial charge in [0.15, 0.2) is 0 Å². The van der Waals surface area contributed by atoms with Gasteiger partial charge in [-0.2, -0.15) is 13.8 Å². The van der Waals surface area contributed by atoms with Gasteiger partial charge in [0.25, 0.3) is 0 Å². The molecule has 34 heavy (non-hydrogen) atoms. The number of alkyl halides is 3. The normalized spacial score (nSPS) is 15.9. The molecule has 0 spiro atoms. The SMILES string of the molecule is C=C(Nc1ccc(OC(F)(F)Cl)cc1)c1cnc(N2CC[C@@H](O)C2)c(-c2cc(F)nc(F)c2)c1. The summed E-state index contributed by atoms with van der Waals surface area (Å²) in [6.07, 6.45) is 1.56. The van der Waals surface area contributed by atoms with E-state index < -0.39 is 23.6 Å². The number of benzene rings is 1. The van der Waals surface area contributed by atoms with Crippen molar-refractivity contribution in [2.75, 3.05) is 23.3 Å². The average molecular weight is 495 g/mol. The molecular weight excluding hydrogens is 476 g/mol. The molecule has 178 valence electrons. The fourth-order valence-electron chi connectivity index (χ4n) is 3.63. The Kier molecular flexibility index (Phi) is 6.63. The summed E-state index contributed by atoms with van der Waals surface area (Å²) in [5, 5.41) is 12.9. The van der Waals surface area contributed by atoms with Crippen molar-refractivity contribution in [1.82, 2.24) is 9.97 Å². The topological polar surface area (TPSA) is 70.5 Å². The molecule has 1 saturated heterocycles. The van der Waals surface area contributed by atoms with Gasteiger partial charge in [0.2, 0.25) is 11.9 Å². The maximum atomic E-state index is 13.8. The van der Waals surface area contributed by atoms with Crippen molar-refractivity contribution in [3.05, 3.63) is 72.7 Å². The number of halogens is 5. The summed E-state index contributed by atoms with van der Waals surface area (Å²) < 4.78 is 57.5. The lowest BCUT2D eigenvalue weighted by Crippen LogP contribution is -2.23. The molecule has 3 heterocycles. The van der Waals surface area contributed by atoms with E-state index in [9.17, 15) is 22.7 Å². The highest BCUT2D eigenvalue weighted by Gasteiger charge is 2.27. The van der Waals surface area contributed by atoms with Gasteiger partial charge in [-0.3, -0.25) is 0 Å². The van der Waals surface area contributed by atoms with Crippen LogP contribution in [-0.2, 0) is 0 Å². The number of nitrogens with zero attached hydrogens (tertiary/aromatic N) is 3. The Labute approximate surface area is 197 Å². The highest BCUT2D eigenvalue weighted by Crippen LogP contribution is 2.34. The maximum absolute atomic E-state index is 13.8. The van der Waals surface area contributed by atoms with Crippen LogP contribution in [0.4, 0.5) is 29.1 Å². The smallest absolute Gasteiger partial charge is 0.420 e. The van der Waals surface area contributed by atoms with Gasteiger partial charge in [-0.05, 0) is 42.3 Å². The number of β-amino-alcohol motifs (C(OH)–C–C–N with tert-alkyl or cyclic N) is 1. The van der Waals surface area contributed by atoms with Crippen molar-refractivity contribution in [2.24, 2.45) is 0 Å². The Hall–Kier alpha value is -3.37. The van der Waals surface area contributed by atoms with Crippen LogP contribution in [-0.4, -0.2) is 39.8 Å². The Morgan fingerprint density at radius 1 is 1.18 bits per heavy atom.